The molecule has 0 atom stereocenters. The highest BCUT2D eigenvalue weighted by atomic mass is 35.5. The zero-order chi connectivity index (χ0) is 26.2. The number of para-hydroxylation sites is 1. The van der Waals surface area contributed by atoms with Crippen molar-refractivity contribution in [1.29, 1.82) is 0 Å². The molecule has 1 fully saturated rings. The predicted octanol–water partition coefficient (Wildman–Crippen LogP) is 5.96. The summed E-state index contributed by atoms with van der Waals surface area (Å²) in [6.07, 6.45) is 4.48. The number of fused-ring (bicyclic) bond motifs is 2. The Balaban J connectivity index is 1.23. The Kier molecular flexibility index (Phi) is 6.55. The summed E-state index contributed by atoms with van der Waals surface area (Å²) < 4.78 is 2.09. The van der Waals surface area contributed by atoms with Gasteiger partial charge in [-0.2, -0.15) is 0 Å². The number of thioether (sulfide) groups is 1. The van der Waals surface area contributed by atoms with Crippen molar-refractivity contribution in [3.05, 3.63) is 111 Å². The van der Waals surface area contributed by atoms with Crippen LogP contribution in [-0.2, 0) is 29.1 Å². The Bertz CT molecular complexity index is 1630. The standard InChI is InChI=1S/C30H24ClN3O3S/c31-25-11-5-3-9-22(25)17-33-18-23(24-10-4-6-12-26(24)33)15-27-29(36)34(30(37)38-27)19-28(35)32-14-13-20-7-1-2-8-21(20)16-32/h1-12,15,18H,13-14,16-17,19H2/b27-15+. The Labute approximate surface area is 229 Å². The molecule has 0 aliphatic carbocycles. The molecular weight excluding hydrogens is 518 g/mol. The maximum absolute atomic E-state index is 13.2. The summed E-state index contributed by atoms with van der Waals surface area (Å²) in [4.78, 5) is 42.1. The first-order chi connectivity index (χ1) is 18.5. The number of carbonyl (C=O) groups is 3. The van der Waals surface area contributed by atoms with Crippen LogP contribution in [0.1, 0.15) is 22.3 Å². The Morgan fingerprint density at radius 1 is 0.947 bits per heavy atom. The van der Waals surface area contributed by atoms with Crippen LogP contribution >= 0.6 is 23.4 Å². The van der Waals surface area contributed by atoms with Crippen LogP contribution in [0.4, 0.5) is 4.79 Å². The second-order valence-corrected chi connectivity index (χ2v) is 10.8. The molecule has 3 heterocycles. The number of hydrogen-bond donors (Lipinski definition) is 0. The number of nitrogens with zero attached hydrogens (tertiary/aromatic N) is 3. The largest absolute Gasteiger partial charge is 0.342 e. The number of amides is 3. The quantitative estimate of drug-likeness (QED) is 0.292. The molecule has 0 N–H and O–H groups in total. The average Bonchev–Trinajstić information content (AvgIpc) is 3.41. The van der Waals surface area contributed by atoms with E-state index in [0.29, 0.717) is 29.6 Å². The molecule has 0 saturated carbocycles. The van der Waals surface area contributed by atoms with Gasteiger partial charge in [0.2, 0.25) is 5.91 Å². The van der Waals surface area contributed by atoms with Gasteiger partial charge in [0.05, 0.1) is 4.91 Å². The Morgan fingerprint density at radius 3 is 2.53 bits per heavy atom. The van der Waals surface area contributed by atoms with Crippen molar-refractivity contribution in [1.82, 2.24) is 14.4 Å². The van der Waals surface area contributed by atoms with Gasteiger partial charge in [0.1, 0.15) is 6.54 Å². The molecule has 6 nitrogen and oxygen atoms in total. The van der Waals surface area contributed by atoms with Gasteiger partial charge in [-0.15, -0.1) is 0 Å². The van der Waals surface area contributed by atoms with Gasteiger partial charge < -0.3 is 9.47 Å². The van der Waals surface area contributed by atoms with Crippen LogP contribution in [0.15, 0.2) is 83.9 Å². The van der Waals surface area contributed by atoms with Crippen molar-refractivity contribution >= 4 is 57.4 Å². The van der Waals surface area contributed by atoms with Crippen LogP contribution in [0.5, 0.6) is 0 Å². The summed E-state index contributed by atoms with van der Waals surface area (Å²) in [6.45, 7) is 1.39. The molecule has 0 radical (unpaired) electrons. The monoisotopic (exact) mass is 541 g/mol. The van der Waals surface area contributed by atoms with E-state index in [1.54, 1.807) is 11.0 Å². The molecule has 1 aromatic heterocycles. The van der Waals surface area contributed by atoms with Crippen LogP contribution in [0.3, 0.4) is 0 Å². The maximum Gasteiger partial charge on any atom is 0.294 e. The van der Waals surface area contributed by atoms with E-state index in [4.69, 9.17) is 11.6 Å². The molecule has 0 unspecified atom stereocenters. The molecule has 3 aromatic carbocycles. The van der Waals surface area contributed by atoms with Crippen molar-refractivity contribution in [3.8, 4) is 0 Å². The van der Waals surface area contributed by atoms with Gasteiger partial charge in [-0.05, 0) is 53.1 Å². The summed E-state index contributed by atoms with van der Waals surface area (Å²) in [5.41, 5.74) is 5.16. The molecule has 0 bridgehead atoms. The van der Waals surface area contributed by atoms with Gasteiger partial charge in [0, 0.05) is 47.3 Å². The van der Waals surface area contributed by atoms with Gasteiger partial charge in [-0.1, -0.05) is 72.3 Å². The highest BCUT2D eigenvalue weighted by Gasteiger charge is 2.37. The lowest BCUT2D eigenvalue weighted by Gasteiger charge is -2.29. The van der Waals surface area contributed by atoms with Crippen LogP contribution in [0, 0.1) is 0 Å². The van der Waals surface area contributed by atoms with Gasteiger partial charge >= 0.3 is 0 Å². The van der Waals surface area contributed by atoms with Gasteiger partial charge in [-0.3, -0.25) is 19.3 Å². The van der Waals surface area contributed by atoms with Crippen molar-refractivity contribution < 1.29 is 14.4 Å². The van der Waals surface area contributed by atoms with E-state index in [-0.39, 0.29) is 12.5 Å². The Hall–Kier alpha value is -3.81. The molecule has 0 spiro atoms. The number of carbonyl (C=O) groups excluding carboxylic acids is 3. The molecular formula is C30H24ClN3O3S. The third kappa shape index (κ3) is 4.64. The topological polar surface area (TPSA) is 62.6 Å². The van der Waals surface area contributed by atoms with Crippen molar-refractivity contribution in [2.75, 3.05) is 13.1 Å². The second-order valence-electron chi connectivity index (χ2n) is 9.42. The molecule has 38 heavy (non-hydrogen) atoms. The first-order valence-corrected chi connectivity index (χ1v) is 13.6. The zero-order valence-electron chi connectivity index (χ0n) is 20.5. The third-order valence-corrected chi connectivity index (χ3v) is 8.33. The number of aromatic nitrogens is 1. The number of hydrogen-bond acceptors (Lipinski definition) is 4. The minimum absolute atomic E-state index is 0.223. The van der Waals surface area contributed by atoms with E-state index in [0.717, 1.165) is 50.7 Å². The number of imide groups is 1. The predicted molar refractivity (Wildman–Crippen MR) is 151 cm³/mol. The first kappa shape index (κ1) is 24.5. The molecule has 6 rings (SSSR count). The molecule has 3 amide bonds. The van der Waals surface area contributed by atoms with Crippen LogP contribution in [0.2, 0.25) is 5.02 Å². The molecule has 2 aliphatic rings. The summed E-state index contributed by atoms with van der Waals surface area (Å²) in [7, 11) is 0. The molecule has 2 aliphatic heterocycles. The van der Waals surface area contributed by atoms with E-state index in [1.165, 1.54) is 5.56 Å². The minimum Gasteiger partial charge on any atom is -0.342 e. The van der Waals surface area contributed by atoms with E-state index >= 15 is 0 Å². The van der Waals surface area contributed by atoms with Crippen LogP contribution in [0.25, 0.3) is 17.0 Å². The summed E-state index contributed by atoms with van der Waals surface area (Å²) >= 11 is 7.27. The van der Waals surface area contributed by atoms with Crippen molar-refractivity contribution in [2.45, 2.75) is 19.5 Å². The van der Waals surface area contributed by atoms with Crippen LogP contribution < -0.4 is 0 Å². The minimum atomic E-state index is -0.436. The summed E-state index contributed by atoms with van der Waals surface area (Å²) in [5.74, 6) is -0.659. The normalized spacial score (nSPS) is 16.5. The molecule has 8 heteroatoms. The van der Waals surface area contributed by atoms with Gasteiger partial charge in [-0.25, -0.2) is 0 Å². The lowest BCUT2D eigenvalue weighted by molar-refractivity contribution is -0.136. The first-order valence-electron chi connectivity index (χ1n) is 12.4. The molecule has 1 saturated heterocycles. The van der Waals surface area contributed by atoms with Gasteiger partial charge in [0.25, 0.3) is 11.1 Å². The van der Waals surface area contributed by atoms with E-state index in [1.807, 2.05) is 72.9 Å². The van der Waals surface area contributed by atoms with E-state index in [2.05, 4.69) is 10.6 Å². The third-order valence-electron chi connectivity index (χ3n) is 7.05. The zero-order valence-corrected chi connectivity index (χ0v) is 22.0. The number of halogens is 1. The molecule has 190 valence electrons. The van der Waals surface area contributed by atoms with Crippen LogP contribution in [-0.4, -0.2) is 44.5 Å². The maximum atomic E-state index is 13.2. The SMILES string of the molecule is O=C(CN1C(=O)S/C(=C/c2cn(Cc3ccccc3Cl)c3ccccc23)C1=O)N1CCc2ccccc2C1. The fourth-order valence-electron chi connectivity index (χ4n) is 5.05. The highest BCUT2D eigenvalue weighted by Crippen LogP contribution is 2.34. The lowest BCUT2D eigenvalue weighted by atomic mass is 10.00. The van der Waals surface area contributed by atoms with Crippen molar-refractivity contribution in [3.63, 3.8) is 0 Å². The number of rotatable bonds is 5. The van der Waals surface area contributed by atoms with E-state index in [9.17, 15) is 14.4 Å². The fourth-order valence-corrected chi connectivity index (χ4v) is 6.08. The summed E-state index contributed by atoms with van der Waals surface area (Å²) in [6, 6.07) is 23.7. The molecule has 4 aromatic rings. The lowest BCUT2D eigenvalue weighted by Crippen LogP contribution is -2.44. The fraction of sp³-hybridized carbons (Fsp3) is 0.167. The number of benzene rings is 3. The van der Waals surface area contributed by atoms with E-state index < -0.39 is 11.1 Å². The second kappa shape index (κ2) is 10.2. The smallest absolute Gasteiger partial charge is 0.294 e. The summed E-state index contributed by atoms with van der Waals surface area (Å²) in [5, 5.41) is 1.23. The van der Waals surface area contributed by atoms with Gasteiger partial charge in [0.15, 0.2) is 0 Å². The van der Waals surface area contributed by atoms with Crippen molar-refractivity contribution in [2.24, 2.45) is 0 Å². The Morgan fingerprint density at radius 2 is 1.68 bits per heavy atom. The highest BCUT2D eigenvalue weighted by molar-refractivity contribution is 8.18. The average molecular weight is 542 g/mol.